The Morgan fingerprint density at radius 1 is 1.08 bits per heavy atom. The maximum absolute atomic E-state index is 12.5. The summed E-state index contributed by atoms with van der Waals surface area (Å²) in [6.07, 6.45) is 6.22. The second-order valence-electron chi connectivity index (χ2n) is 10.7. The number of nitrogens with two attached hydrogens (primary N) is 1. The molecule has 2 atom stereocenters. The number of urea groups is 1. The van der Waals surface area contributed by atoms with E-state index in [-0.39, 0.29) is 50.1 Å². The Bertz CT molecular complexity index is 977. The molecule has 2 heterocycles. The Morgan fingerprint density at radius 3 is 2.21 bits per heavy atom. The van der Waals surface area contributed by atoms with Crippen LogP contribution < -0.4 is 5.73 Å². The van der Waals surface area contributed by atoms with Gasteiger partial charge in [0.2, 0.25) is 17.7 Å². The van der Waals surface area contributed by atoms with E-state index in [1.807, 2.05) is 6.92 Å². The zero-order valence-corrected chi connectivity index (χ0v) is 22.7. The first-order valence-corrected chi connectivity index (χ1v) is 13.8. The number of carbonyl (C=O) groups excluding carboxylic acids is 3. The van der Waals surface area contributed by atoms with Gasteiger partial charge in [-0.15, -0.1) is 0 Å². The molecule has 5 rings (SSSR count). The molecular formula is C29H42F2N4O3. The average Bonchev–Trinajstić information content (AvgIpc) is 3.10. The van der Waals surface area contributed by atoms with Crippen LogP contribution in [-0.2, 0) is 16.0 Å². The number of fused-ring (bicyclic) bond motifs is 1. The van der Waals surface area contributed by atoms with Gasteiger partial charge in [0.15, 0.2) is 0 Å². The van der Waals surface area contributed by atoms with Crippen LogP contribution in [0.5, 0.6) is 0 Å². The largest absolute Gasteiger partial charge is 0.371 e. The van der Waals surface area contributed by atoms with E-state index in [9.17, 15) is 23.2 Å². The van der Waals surface area contributed by atoms with Gasteiger partial charge in [0, 0.05) is 56.6 Å². The van der Waals surface area contributed by atoms with Crippen LogP contribution in [0.15, 0.2) is 42.6 Å². The lowest BCUT2D eigenvalue weighted by Crippen LogP contribution is -2.59. The van der Waals surface area contributed by atoms with Crippen molar-refractivity contribution in [1.82, 2.24) is 14.7 Å². The Morgan fingerprint density at radius 2 is 1.74 bits per heavy atom. The minimum Gasteiger partial charge on any atom is -0.371 e. The summed E-state index contributed by atoms with van der Waals surface area (Å²) in [5, 5.41) is 0. The molecule has 4 fully saturated rings. The number of nitrogens with zero attached hydrogens (tertiary/aromatic N) is 3. The van der Waals surface area contributed by atoms with Gasteiger partial charge in [-0.3, -0.25) is 14.5 Å². The molecule has 1 aromatic rings. The zero-order chi connectivity index (χ0) is 27.9. The monoisotopic (exact) mass is 532 g/mol. The number of likely N-dealkylation sites (N-methyl/N-ethyl adjacent to an activating group) is 1. The van der Waals surface area contributed by atoms with Crippen molar-refractivity contribution < 1.29 is 23.2 Å². The topological polar surface area (TPSA) is 86.9 Å². The molecule has 2 unspecified atom stereocenters. The quantitative estimate of drug-likeness (QED) is 0.511. The maximum Gasteiger partial charge on any atom is 0.326 e. The summed E-state index contributed by atoms with van der Waals surface area (Å²) in [7, 11) is 1.51. The van der Waals surface area contributed by atoms with E-state index in [2.05, 4.69) is 41.8 Å². The fourth-order valence-corrected chi connectivity index (χ4v) is 5.42. The molecule has 1 aromatic carbocycles. The van der Waals surface area contributed by atoms with Gasteiger partial charge in [0.1, 0.15) is 6.54 Å². The number of hydrogen-bond donors (Lipinski definition) is 1. The minimum absolute atomic E-state index is 0.108. The van der Waals surface area contributed by atoms with Gasteiger partial charge in [-0.05, 0) is 50.5 Å². The number of amides is 4. The molecule has 2 N–H and O–H groups in total. The lowest BCUT2D eigenvalue weighted by Gasteiger charge is -2.58. The molecule has 2 saturated heterocycles. The molecule has 210 valence electrons. The number of carbonyl (C=O) groups is 3. The van der Waals surface area contributed by atoms with Crippen molar-refractivity contribution in [2.45, 2.75) is 76.7 Å². The first-order chi connectivity index (χ1) is 18.0. The third-order valence-corrected chi connectivity index (χ3v) is 8.01. The molecule has 0 radical (unpaired) electrons. The number of halogens is 2. The number of likely N-dealkylation sites (tertiary alicyclic amines) is 1. The molecule has 2 aliphatic carbocycles. The van der Waals surface area contributed by atoms with Gasteiger partial charge in [-0.1, -0.05) is 43.8 Å². The van der Waals surface area contributed by atoms with E-state index in [1.54, 1.807) is 4.90 Å². The van der Waals surface area contributed by atoms with Crippen molar-refractivity contribution in [3.05, 3.63) is 48.2 Å². The van der Waals surface area contributed by atoms with Crippen molar-refractivity contribution in [2.24, 2.45) is 17.6 Å². The average molecular weight is 533 g/mol. The molecule has 2 saturated carbocycles. The van der Waals surface area contributed by atoms with E-state index in [1.165, 1.54) is 50.5 Å². The third kappa shape index (κ3) is 7.54. The predicted molar refractivity (Wildman–Crippen MR) is 143 cm³/mol. The number of aryl methyl sites for hydroxylation is 1. The van der Waals surface area contributed by atoms with Crippen LogP contribution in [-0.4, -0.2) is 71.2 Å². The first kappa shape index (κ1) is 29.6. The lowest BCUT2D eigenvalue weighted by molar-refractivity contribution is -0.126. The van der Waals surface area contributed by atoms with Crippen molar-refractivity contribution in [1.29, 1.82) is 0 Å². The van der Waals surface area contributed by atoms with Gasteiger partial charge in [-0.2, -0.15) is 0 Å². The molecule has 9 heteroatoms. The number of alkyl halides is 2. The molecule has 7 nitrogen and oxygen atoms in total. The highest BCUT2D eigenvalue weighted by Crippen LogP contribution is 2.48. The Balaban J connectivity index is 0.000000163. The van der Waals surface area contributed by atoms with Crippen LogP contribution in [0.25, 0.3) is 0 Å². The molecule has 38 heavy (non-hydrogen) atoms. The third-order valence-electron chi connectivity index (χ3n) is 8.01. The van der Waals surface area contributed by atoms with Crippen LogP contribution in [0.4, 0.5) is 13.6 Å². The molecule has 4 aliphatic rings. The molecule has 2 aliphatic heterocycles. The van der Waals surface area contributed by atoms with Crippen molar-refractivity contribution >= 4 is 17.8 Å². The van der Waals surface area contributed by atoms with E-state index >= 15 is 0 Å². The summed E-state index contributed by atoms with van der Waals surface area (Å²) in [4.78, 5) is 37.9. The lowest BCUT2D eigenvalue weighted by atomic mass is 9.69. The van der Waals surface area contributed by atoms with Crippen molar-refractivity contribution in [3.63, 3.8) is 0 Å². The summed E-state index contributed by atoms with van der Waals surface area (Å²) >= 11 is 0. The molecular weight excluding hydrogens is 490 g/mol. The second-order valence-corrected chi connectivity index (χ2v) is 10.7. The molecule has 0 bridgehead atoms. The van der Waals surface area contributed by atoms with Crippen LogP contribution in [0.3, 0.4) is 0 Å². The van der Waals surface area contributed by atoms with E-state index in [0.717, 1.165) is 23.3 Å². The van der Waals surface area contributed by atoms with Gasteiger partial charge in [-0.25, -0.2) is 13.6 Å². The summed E-state index contributed by atoms with van der Waals surface area (Å²) in [5.74, 6) is -2.58. The molecule has 0 spiro atoms. The number of rotatable bonds is 7. The van der Waals surface area contributed by atoms with Gasteiger partial charge in [0.05, 0.1) is 0 Å². The Hall–Kier alpha value is -2.97. The van der Waals surface area contributed by atoms with Gasteiger partial charge in [0.25, 0.3) is 0 Å². The number of hydrogen-bond acceptors (Lipinski definition) is 4. The maximum atomic E-state index is 12.5. The SMILES string of the molecule is C=C1C2CCC2N1CCCc1ccccc1.CCCN1CC(=O)N(C)C1=O.NC(=O)C1CCC(F)(F)CC1. The Kier molecular flexibility index (Phi) is 10.3. The Labute approximate surface area is 225 Å². The number of imide groups is 1. The molecule has 0 aromatic heterocycles. The summed E-state index contributed by atoms with van der Waals surface area (Å²) in [6.45, 7) is 8.29. The number of benzene rings is 1. The van der Waals surface area contributed by atoms with E-state index in [0.29, 0.717) is 6.54 Å². The second kappa shape index (κ2) is 13.2. The van der Waals surface area contributed by atoms with Gasteiger partial charge >= 0.3 is 6.03 Å². The zero-order valence-electron chi connectivity index (χ0n) is 22.7. The molecule has 4 amide bonds. The standard InChI is InChI=1S/C15H19N.C7H11F2NO.C7H12N2O2/c1-12-14-9-10-15(14)16(12)11-5-8-13-6-3-2-4-7-13;8-7(9)3-1-5(2-4-7)6(10)11;1-3-4-9-5-6(10)8(2)7(9)11/h2-4,6-7,14-15H,1,5,8-11H2;5H,1-4H2,(H2,10,11);3-5H2,1-2H3. The smallest absolute Gasteiger partial charge is 0.326 e. The highest BCUT2D eigenvalue weighted by molar-refractivity contribution is 6.01. The fourth-order valence-electron chi connectivity index (χ4n) is 5.42. The van der Waals surface area contributed by atoms with E-state index < -0.39 is 11.8 Å². The van der Waals surface area contributed by atoms with Crippen LogP contribution in [0, 0.1) is 11.8 Å². The fraction of sp³-hybridized carbons (Fsp3) is 0.621. The van der Waals surface area contributed by atoms with Crippen LogP contribution in [0.1, 0.15) is 63.9 Å². The predicted octanol–water partition coefficient (Wildman–Crippen LogP) is 4.81. The highest BCUT2D eigenvalue weighted by atomic mass is 19.3. The van der Waals surface area contributed by atoms with Crippen molar-refractivity contribution in [3.8, 4) is 0 Å². The minimum atomic E-state index is -2.56. The van der Waals surface area contributed by atoms with Crippen LogP contribution >= 0.6 is 0 Å². The first-order valence-electron chi connectivity index (χ1n) is 13.8. The van der Waals surface area contributed by atoms with Crippen LogP contribution in [0.2, 0.25) is 0 Å². The van der Waals surface area contributed by atoms with Crippen molar-refractivity contribution in [2.75, 3.05) is 26.7 Å². The summed E-state index contributed by atoms with van der Waals surface area (Å²) in [6, 6.07) is 11.5. The normalized spacial score (nSPS) is 23.9. The van der Waals surface area contributed by atoms with E-state index in [4.69, 9.17) is 5.73 Å². The summed E-state index contributed by atoms with van der Waals surface area (Å²) in [5.41, 5.74) is 7.84. The number of primary amides is 1. The summed E-state index contributed by atoms with van der Waals surface area (Å²) < 4.78 is 25.0. The van der Waals surface area contributed by atoms with Gasteiger partial charge < -0.3 is 15.5 Å². The number of piperidine rings is 1. The highest BCUT2D eigenvalue weighted by Gasteiger charge is 2.47.